The van der Waals surface area contributed by atoms with Gasteiger partial charge in [-0.25, -0.2) is 13.1 Å². The highest BCUT2D eigenvalue weighted by Crippen LogP contribution is 2.28. The summed E-state index contributed by atoms with van der Waals surface area (Å²) in [5.41, 5.74) is -0.586. The third-order valence-electron chi connectivity index (χ3n) is 2.22. The molecule has 0 heterocycles. The van der Waals surface area contributed by atoms with Gasteiger partial charge in [-0.1, -0.05) is 0 Å². The van der Waals surface area contributed by atoms with Gasteiger partial charge in [-0.05, 0) is 19.1 Å². The first-order valence-corrected chi connectivity index (χ1v) is 6.76. The average molecular weight is 290 g/mol. The van der Waals surface area contributed by atoms with Crippen molar-refractivity contribution in [3.63, 3.8) is 0 Å². The van der Waals surface area contributed by atoms with E-state index in [4.69, 9.17) is 9.84 Å². The summed E-state index contributed by atoms with van der Waals surface area (Å²) in [6, 6.07) is 3.42. The van der Waals surface area contributed by atoms with E-state index < -0.39 is 31.6 Å². The van der Waals surface area contributed by atoms with Crippen LogP contribution in [0.15, 0.2) is 23.1 Å². The van der Waals surface area contributed by atoms with Crippen molar-refractivity contribution in [2.24, 2.45) is 0 Å². The quantitative estimate of drug-likeness (QED) is 0.573. The maximum absolute atomic E-state index is 11.9. The van der Waals surface area contributed by atoms with Crippen LogP contribution in [0.4, 0.5) is 5.69 Å². The van der Waals surface area contributed by atoms with Crippen LogP contribution in [0.2, 0.25) is 0 Å². The smallest absolute Gasteiger partial charge is 0.293 e. The lowest BCUT2D eigenvalue weighted by atomic mass is 10.3. The van der Waals surface area contributed by atoms with Crippen LogP contribution >= 0.6 is 0 Å². The number of hydrogen-bond acceptors (Lipinski definition) is 6. The Labute approximate surface area is 110 Å². The minimum absolute atomic E-state index is 0.182. The van der Waals surface area contributed by atoms with E-state index in [0.29, 0.717) is 0 Å². The molecular formula is C10H14N2O6S. The monoisotopic (exact) mass is 290 g/mol. The zero-order valence-corrected chi connectivity index (χ0v) is 11.2. The summed E-state index contributed by atoms with van der Waals surface area (Å²) in [4.78, 5) is 9.60. The molecule has 8 nitrogen and oxygen atoms in total. The lowest BCUT2D eigenvalue weighted by Crippen LogP contribution is -2.31. The molecular weight excluding hydrogens is 276 g/mol. The number of ether oxygens (including phenoxy) is 1. The van der Waals surface area contributed by atoms with Gasteiger partial charge < -0.3 is 9.84 Å². The summed E-state index contributed by atoms with van der Waals surface area (Å²) in [7, 11) is -2.74. The molecule has 0 spiro atoms. The van der Waals surface area contributed by atoms with Crippen molar-refractivity contribution in [2.45, 2.75) is 17.9 Å². The van der Waals surface area contributed by atoms with Gasteiger partial charge in [0.2, 0.25) is 10.0 Å². The van der Waals surface area contributed by atoms with Gasteiger partial charge >= 0.3 is 0 Å². The molecule has 2 N–H and O–H groups in total. The molecule has 0 saturated heterocycles. The molecule has 1 aromatic rings. The van der Waals surface area contributed by atoms with Gasteiger partial charge in [0.15, 0.2) is 4.90 Å². The summed E-state index contributed by atoms with van der Waals surface area (Å²) < 4.78 is 30.7. The number of aliphatic hydroxyl groups excluding tert-OH is 1. The van der Waals surface area contributed by atoms with Crippen LogP contribution in [0.25, 0.3) is 0 Å². The second kappa shape index (κ2) is 5.95. The van der Waals surface area contributed by atoms with Crippen LogP contribution in [0, 0.1) is 10.1 Å². The second-order valence-electron chi connectivity index (χ2n) is 3.79. The first-order chi connectivity index (χ1) is 8.77. The van der Waals surface area contributed by atoms with E-state index in [0.717, 1.165) is 12.1 Å². The second-order valence-corrected chi connectivity index (χ2v) is 5.53. The molecule has 0 fully saturated rings. The minimum atomic E-state index is -4.06. The molecule has 9 heteroatoms. The third kappa shape index (κ3) is 3.88. The molecule has 19 heavy (non-hydrogen) atoms. The van der Waals surface area contributed by atoms with Gasteiger partial charge in [-0.2, -0.15) is 0 Å². The van der Waals surface area contributed by atoms with Gasteiger partial charge in [-0.15, -0.1) is 0 Å². The topological polar surface area (TPSA) is 119 Å². The van der Waals surface area contributed by atoms with Gasteiger partial charge in [0.25, 0.3) is 5.69 Å². The molecule has 0 aromatic heterocycles. The molecule has 0 radical (unpaired) electrons. The molecule has 1 rings (SSSR count). The normalized spacial score (nSPS) is 13.0. The highest BCUT2D eigenvalue weighted by atomic mass is 32.2. The van der Waals surface area contributed by atoms with E-state index in [2.05, 4.69) is 4.72 Å². The zero-order valence-electron chi connectivity index (χ0n) is 10.4. The summed E-state index contributed by atoms with van der Waals surface area (Å²) in [5, 5.41) is 19.9. The number of benzene rings is 1. The summed E-state index contributed by atoms with van der Waals surface area (Å²) >= 11 is 0. The average Bonchev–Trinajstić information content (AvgIpc) is 2.35. The predicted octanol–water partition coefficient (Wildman–Crippen LogP) is 0.263. The van der Waals surface area contributed by atoms with Crippen LogP contribution in [-0.2, 0) is 10.0 Å². The van der Waals surface area contributed by atoms with Crippen LogP contribution in [0.3, 0.4) is 0 Å². The molecule has 106 valence electrons. The highest BCUT2D eigenvalue weighted by molar-refractivity contribution is 7.89. The molecule has 0 aliphatic carbocycles. The van der Waals surface area contributed by atoms with Crippen molar-refractivity contribution in [3.8, 4) is 5.75 Å². The number of hydrogen-bond donors (Lipinski definition) is 2. The number of nitro benzene ring substituents is 1. The van der Waals surface area contributed by atoms with Crippen molar-refractivity contribution in [2.75, 3.05) is 13.7 Å². The summed E-state index contributed by atoms with van der Waals surface area (Å²) in [6.45, 7) is 1.16. The fourth-order valence-corrected chi connectivity index (χ4v) is 2.57. The lowest BCUT2D eigenvalue weighted by Gasteiger charge is -2.09. The van der Waals surface area contributed by atoms with Crippen LogP contribution in [0.1, 0.15) is 6.92 Å². The van der Waals surface area contributed by atoms with Gasteiger partial charge in [0, 0.05) is 6.54 Å². The molecule has 0 amide bonds. The van der Waals surface area contributed by atoms with Crippen molar-refractivity contribution in [1.82, 2.24) is 4.72 Å². The maximum atomic E-state index is 11.9. The molecule has 0 unspecified atom stereocenters. The van der Waals surface area contributed by atoms with Crippen LogP contribution in [0.5, 0.6) is 5.75 Å². The van der Waals surface area contributed by atoms with E-state index >= 15 is 0 Å². The van der Waals surface area contributed by atoms with Gasteiger partial charge in [0.1, 0.15) is 5.75 Å². The Kier molecular flexibility index (Phi) is 4.81. The molecule has 1 atom stereocenters. The van der Waals surface area contributed by atoms with E-state index in [1.165, 1.54) is 20.1 Å². The summed E-state index contributed by atoms with van der Waals surface area (Å²) in [5.74, 6) is 0.182. The number of aliphatic hydroxyl groups is 1. The van der Waals surface area contributed by atoms with Crippen molar-refractivity contribution in [3.05, 3.63) is 28.3 Å². The van der Waals surface area contributed by atoms with Gasteiger partial charge in [0.05, 0.1) is 24.2 Å². The third-order valence-corrected chi connectivity index (χ3v) is 3.69. The number of nitrogens with one attached hydrogen (secondary N) is 1. The lowest BCUT2D eigenvalue weighted by molar-refractivity contribution is -0.387. The molecule has 1 aromatic carbocycles. The Balaban J connectivity index is 3.22. The molecule has 0 saturated carbocycles. The van der Waals surface area contributed by atoms with E-state index in [1.54, 1.807) is 0 Å². The zero-order chi connectivity index (χ0) is 14.6. The van der Waals surface area contributed by atoms with Crippen LogP contribution < -0.4 is 9.46 Å². The first kappa shape index (κ1) is 15.3. The predicted molar refractivity (Wildman–Crippen MR) is 66.5 cm³/mol. The standard InChI is InChI=1S/C10H14N2O6S/c1-7(13)6-11-19(16,17)10-4-3-8(18-2)5-9(10)12(14)15/h3-5,7,11,13H,6H2,1-2H3/t7-/m0/s1. The maximum Gasteiger partial charge on any atom is 0.293 e. The number of rotatable bonds is 6. The summed E-state index contributed by atoms with van der Waals surface area (Å²) in [6.07, 6.45) is -0.896. The fraction of sp³-hybridized carbons (Fsp3) is 0.400. The van der Waals surface area contributed by atoms with Crippen LogP contribution in [-0.4, -0.2) is 38.2 Å². The van der Waals surface area contributed by atoms with E-state index in [9.17, 15) is 18.5 Å². The molecule has 0 aliphatic rings. The Morgan fingerprint density at radius 3 is 2.63 bits per heavy atom. The molecule has 0 bridgehead atoms. The number of sulfonamides is 1. The SMILES string of the molecule is COc1ccc(S(=O)(=O)NC[C@H](C)O)c([N+](=O)[O-])c1. The largest absolute Gasteiger partial charge is 0.497 e. The van der Waals surface area contributed by atoms with Gasteiger partial charge in [-0.3, -0.25) is 10.1 Å². The first-order valence-electron chi connectivity index (χ1n) is 5.28. The molecule has 0 aliphatic heterocycles. The van der Waals surface area contributed by atoms with Crippen molar-refractivity contribution < 1.29 is 23.2 Å². The number of methoxy groups -OCH3 is 1. The fourth-order valence-electron chi connectivity index (χ4n) is 1.30. The Morgan fingerprint density at radius 1 is 1.53 bits per heavy atom. The number of nitro groups is 1. The Hall–Kier alpha value is -1.71. The minimum Gasteiger partial charge on any atom is -0.497 e. The number of nitrogens with zero attached hydrogens (tertiary/aromatic N) is 1. The van der Waals surface area contributed by atoms with E-state index in [1.807, 2.05) is 0 Å². The van der Waals surface area contributed by atoms with Crippen molar-refractivity contribution in [1.29, 1.82) is 0 Å². The Bertz CT molecular complexity index is 569. The highest BCUT2D eigenvalue weighted by Gasteiger charge is 2.26. The van der Waals surface area contributed by atoms with Crippen molar-refractivity contribution >= 4 is 15.7 Å². The Morgan fingerprint density at radius 2 is 2.16 bits per heavy atom. The van der Waals surface area contributed by atoms with E-state index in [-0.39, 0.29) is 12.3 Å².